The highest BCUT2D eigenvalue weighted by Gasteiger charge is 2.11. The maximum atomic E-state index is 10.3. The standard InChI is InChI=1S/C4H6N2O3S.ClH/c1-3-2-4(6-5-3)10(7,8)9;/h2H,1H3,(H,5,6)(H,7,8,9);1H. The lowest BCUT2D eigenvalue weighted by molar-refractivity contribution is 0.479. The summed E-state index contributed by atoms with van der Waals surface area (Å²) in [6, 6.07) is 1.25. The van der Waals surface area contributed by atoms with Crippen LogP contribution in [0.2, 0.25) is 0 Å². The molecule has 1 aromatic heterocycles. The van der Waals surface area contributed by atoms with Gasteiger partial charge >= 0.3 is 10.1 Å². The van der Waals surface area contributed by atoms with E-state index in [1.165, 1.54) is 6.07 Å². The molecule has 0 aliphatic carbocycles. The van der Waals surface area contributed by atoms with Gasteiger partial charge in [-0.1, -0.05) is 0 Å². The lowest BCUT2D eigenvalue weighted by Crippen LogP contribution is -1.97. The Morgan fingerprint density at radius 2 is 2.18 bits per heavy atom. The molecule has 0 fully saturated rings. The Hall–Kier alpha value is -0.590. The number of nitrogens with zero attached hydrogens (tertiary/aromatic N) is 1. The molecular formula is C4H7ClN2O3S. The van der Waals surface area contributed by atoms with Crippen molar-refractivity contribution in [3.8, 4) is 0 Å². The van der Waals surface area contributed by atoms with Crippen LogP contribution in [-0.2, 0) is 10.1 Å². The zero-order valence-electron chi connectivity index (χ0n) is 5.60. The Labute approximate surface area is 70.0 Å². The van der Waals surface area contributed by atoms with Gasteiger partial charge in [0.05, 0.1) is 0 Å². The molecule has 0 bridgehead atoms. The maximum absolute atomic E-state index is 10.3. The molecule has 0 saturated heterocycles. The van der Waals surface area contributed by atoms with Crippen LogP contribution in [0, 0.1) is 6.92 Å². The molecule has 2 N–H and O–H groups in total. The zero-order valence-corrected chi connectivity index (χ0v) is 7.24. The van der Waals surface area contributed by atoms with Gasteiger partial charge in [-0.3, -0.25) is 9.65 Å². The summed E-state index contributed by atoms with van der Waals surface area (Å²) >= 11 is 0. The molecule has 0 radical (unpaired) electrons. The van der Waals surface area contributed by atoms with Crippen molar-refractivity contribution in [1.82, 2.24) is 10.2 Å². The smallest absolute Gasteiger partial charge is 0.281 e. The van der Waals surface area contributed by atoms with Gasteiger partial charge < -0.3 is 0 Å². The first-order chi connectivity index (χ1) is 4.50. The molecule has 0 unspecified atom stereocenters. The lowest BCUT2D eigenvalue weighted by Gasteiger charge is -1.83. The molecule has 64 valence electrons. The van der Waals surface area contributed by atoms with Crippen LogP contribution in [0.1, 0.15) is 5.69 Å². The summed E-state index contributed by atoms with van der Waals surface area (Å²) in [7, 11) is -4.12. The largest absolute Gasteiger partial charge is 0.313 e. The average Bonchev–Trinajstić information content (AvgIpc) is 2.11. The van der Waals surface area contributed by atoms with Gasteiger partial charge in [-0.25, -0.2) is 0 Å². The van der Waals surface area contributed by atoms with Crippen LogP contribution in [-0.4, -0.2) is 23.2 Å². The zero-order chi connectivity index (χ0) is 7.78. The van der Waals surface area contributed by atoms with Gasteiger partial charge in [-0.05, 0) is 6.92 Å². The van der Waals surface area contributed by atoms with Crippen LogP contribution >= 0.6 is 12.4 Å². The number of aromatic amines is 1. The molecule has 7 heteroatoms. The highest BCUT2D eigenvalue weighted by atomic mass is 35.5. The lowest BCUT2D eigenvalue weighted by atomic mass is 10.5. The van der Waals surface area contributed by atoms with Crippen molar-refractivity contribution < 1.29 is 13.0 Å². The van der Waals surface area contributed by atoms with E-state index in [1.807, 2.05) is 0 Å². The Bertz CT molecular complexity index is 331. The molecule has 0 atom stereocenters. The van der Waals surface area contributed by atoms with Crippen molar-refractivity contribution in [2.75, 3.05) is 0 Å². The van der Waals surface area contributed by atoms with Gasteiger partial charge in [-0.2, -0.15) is 13.5 Å². The molecule has 0 spiro atoms. The van der Waals surface area contributed by atoms with E-state index in [0.29, 0.717) is 5.69 Å². The number of halogens is 1. The number of hydrogen-bond acceptors (Lipinski definition) is 3. The second-order valence-corrected chi connectivity index (χ2v) is 3.23. The minimum Gasteiger partial charge on any atom is -0.281 e. The number of H-pyrrole nitrogens is 1. The number of rotatable bonds is 1. The van der Waals surface area contributed by atoms with E-state index < -0.39 is 10.1 Å². The Morgan fingerprint density at radius 3 is 2.36 bits per heavy atom. The van der Waals surface area contributed by atoms with Crippen molar-refractivity contribution in [2.24, 2.45) is 0 Å². The second-order valence-electron chi connectivity index (χ2n) is 1.86. The summed E-state index contributed by atoms with van der Waals surface area (Å²) in [5.41, 5.74) is 0.590. The minimum atomic E-state index is -4.12. The molecule has 0 aliphatic rings. The summed E-state index contributed by atoms with van der Waals surface area (Å²) in [6.07, 6.45) is 0. The van der Waals surface area contributed by atoms with Crippen molar-refractivity contribution >= 4 is 22.5 Å². The van der Waals surface area contributed by atoms with Crippen molar-refractivity contribution in [2.45, 2.75) is 11.9 Å². The molecule has 1 aromatic rings. The molecule has 0 aromatic carbocycles. The van der Waals surface area contributed by atoms with Gasteiger partial charge in [0.15, 0.2) is 0 Å². The quantitative estimate of drug-likeness (QED) is 0.640. The van der Waals surface area contributed by atoms with E-state index in [9.17, 15) is 8.42 Å². The highest BCUT2D eigenvalue weighted by molar-refractivity contribution is 7.85. The molecule has 0 saturated carbocycles. The Morgan fingerprint density at radius 1 is 1.64 bits per heavy atom. The van der Waals surface area contributed by atoms with Crippen LogP contribution < -0.4 is 0 Å². The molecular weight excluding hydrogens is 192 g/mol. The fraction of sp³-hybridized carbons (Fsp3) is 0.250. The third-order valence-corrected chi connectivity index (χ3v) is 1.68. The van der Waals surface area contributed by atoms with Crippen LogP contribution in [0.4, 0.5) is 0 Å². The summed E-state index contributed by atoms with van der Waals surface area (Å²) in [5.74, 6) is 0. The van der Waals surface area contributed by atoms with E-state index in [0.717, 1.165) is 0 Å². The van der Waals surface area contributed by atoms with Crippen LogP contribution in [0.3, 0.4) is 0 Å². The second kappa shape index (κ2) is 3.21. The Balaban J connectivity index is 0.000001000. The first-order valence-electron chi connectivity index (χ1n) is 2.49. The molecule has 11 heavy (non-hydrogen) atoms. The highest BCUT2D eigenvalue weighted by Crippen LogP contribution is 2.03. The molecule has 0 amide bonds. The predicted molar refractivity (Wildman–Crippen MR) is 40.4 cm³/mol. The molecule has 5 nitrogen and oxygen atoms in total. The van der Waals surface area contributed by atoms with Crippen molar-refractivity contribution in [3.05, 3.63) is 11.8 Å². The van der Waals surface area contributed by atoms with Gasteiger partial charge in [0.2, 0.25) is 5.03 Å². The van der Waals surface area contributed by atoms with Crippen molar-refractivity contribution in [3.63, 3.8) is 0 Å². The van der Waals surface area contributed by atoms with Crippen LogP contribution in [0.5, 0.6) is 0 Å². The van der Waals surface area contributed by atoms with E-state index in [4.69, 9.17) is 4.55 Å². The van der Waals surface area contributed by atoms with Crippen molar-refractivity contribution in [1.29, 1.82) is 0 Å². The van der Waals surface area contributed by atoms with E-state index in [1.54, 1.807) is 6.92 Å². The summed E-state index contributed by atoms with van der Waals surface area (Å²) in [5, 5.41) is 5.37. The van der Waals surface area contributed by atoms with E-state index >= 15 is 0 Å². The fourth-order valence-electron chi connectivity index (χ4n) is 0.525. The van der Waals surface area contributed by atoms with Crippen LogP contribution in [0.25, 0.3) is 0 Å². The minimum absolute atomic E-state index is 0. The Kier molecular flexibility index (Phi) is 3.03. The number of aryl methyl sites for hydroxylation is 1. The molecule has 1 heterocycles. The van der Waals surface area contributed by atoms with Crippen LogP contribution in [0.15, 0.2) is 11.1 Å². The average molecular weight is 199 g/mol. The third-order valence-electron chi connectivity index (χ3n) is 0.947. The first-order valence-corrected chi connectivity index (χ1v) is 3.93. The number of aromatic nitrogens is 2. The van der Waals surface area contributed by atoms with E-state index in [2.05, 4.69) is 10.2 Å². The van der Waals surface area contributed by atoms with Gasteiger partial charge in [0.25, 0.3) is 0 Å². The SMILES string of the molecule is Cc1cc(S(=O)(=O)O)n[nH]1.Cl. The van der Waals surface area contributed by atoms with Gasteiger partial charge in [0.1, 0.15) is 0 Å². The number of nitrogens with one attached hydrogen (secondary N) is 1. The number of hydrogen-bond donors (Lipinski definition) is 2. The summed E-state index contributed by atoms with van der Waals surface area (Å²) in [6.45, 7) is 1.64. The van der Waals surface area contributed by atoms with E-state index in [-0.39, 0.29) is 17.4 Å². The topological polar surface area (TPSA) is 83.1 Å². The van der Waals surface area contributed by atoms with Gasteiger partial charge in [0, 0.05) is 11.8 Å². The van der Waals surface area contributed by atoms with Gasteiger partial charge in [-0.15, -0.1) is 12.4 Å². The summed E-state index contributed by atoms with van der Waals surface area (Å²) < 4.78 is 29.0. The maximum Gasteiger partial charge on any atom is 0.313 e. The predicted octanol–water partition coefficient (Wildman–Crippen LogP) is 0.387. The third kappa shape index (κ3) is 2.49. The monoisotopic (exact) mass is 198 g/mol. The normalized spacial score (nSPS) is 10.7. The molecule has 0 aliphatic heterocycles. The molecule has 1 rings (SSSR count). The summed E-state index contributed by atoms with van der Waals surface area (Å²) in [4.78, 5) is 0. The first kappa shape index (κ1) is 10.4. The fourth-order valence-corrected chi connectivity index (χ4v) is 1.01.